The maximum Gasteiger partial charge on any atom is 0.261 e. The second kappa shape index (κ2) is 9.82. The summed E-state index contributed by atoms with van der Waals surface area (Å²) in [5.74, 6) is -5.66. The Morgan fingerprint density at radius 2 is 1.58 bits per heavy atom. The Hall–Kier alpha value is -4.18. The van der Waals surface area contributed by atoms with Crippen molar-refractivity contribution in [3.05, 3.63) is 89.2 Å². The molecule has 1 aliphatic heterocycles. The van der Waals surface area contributed by atoms with Gasteiger partial charge in [0.1, 0.15) is 23.5 Å². The Balaban J connectivity index is 1.55. The van der Waals surface area contributed by atoms with Crippen molar-refractivity contribution in [3.8, 4) is 11.1 Å². The zero-order valence-corrected chi connectivity index (χ0v) is 19.3. The monoisotopic (exact) mass is 497 g/mol. The number of fused-ring (bicyclic) bond motifs is 3. The average molecular weight is 497 g/mol. The molecule has 186 valence electrons. The van der Waals surface area contributed by atoms with Gasteiger partial charge in [0.05, 0.1) is 11.6 Å². The van der Waals surface area contributed by atoms with Crippen LogP contribution in [0.1, 0.15) is 37.0 Å². The van der Waals surface area contributed by atoms with E-state index in [4.69, 9.17) is 0 Å². The minimum atomic E-state index is -1.93. The number of anilines is 1. The van der Waals surface area contributed by atoms with E-state index >= 15 is 0 Å². The molecular formula is C26H22F3N3O4. The Morgan fingerprint density at radius 3 is 2.28 bits per heavy atom. The van der Waals surface area contributed by atoms with Gasteiger partial charge in [-0.25, -0.2) is 18.2 Å². The van der Waals surface area contributed by atoms with Crippen molar-refractivity contribution in [2.75, 3.05) is 5.01 Å². The number of nitrogens with zero attached hydrogens (tertiary/aromatic N) is 1. The van der Waals surface area contributed by atoms with Crippen LogP contribution in [0.25, 0.3) is 11.1 Å². The highest BCUT2D eigenvalue weighted by Gasteiger charge is 2.34. The largest absolute Gasteiger partial charge is 0.378 e. The lowest BCUT2D eigenvalue weighted by Crippen LogP contribution is -2.54. The highest BCUT2D eigenvalue weighted by atomic mass is 19.1. The highest BCUT2D eigenvalue weighted by molar-refractivity contribution is 6.06. The highest BCUT2D eigenvalue weighted by Crippen LogP contribution is 2.40. The van der Waals surface area contributed by atoms with Gasteiger partial charge in [-0.3, -0.25) is 19.8 Å². The van der Waals surface area contributed by atoms with Crippen LogP contribution in [-0.2, 0) is 14.4 Å². The van der Waals surface area contributed by atoms with Crippen molar-refractivity contribution in [3.63, 3.8) is 0 Å². The molecule has 3 atom stereocenters. The van der Waals surface area contributed by atoms with Crippen molar-refractivity contribution in [1.29, 1.82) is 0 Å². The van der Waals surface area contributed by atoms with E-state index in [1.54, 1.807) is 37.3 Å². The summed E-state index contributed by atoms with van der Waals surface area (Å²) in [6, 6.07) is 11.8. The van der Waals surface area contributed by atoms with Gasteiger partial charge in [-0.2, -0.15) is 0 Å². The summed E-state index contributed by atoms with van der Waals surface area (Å²) in [6.45, 7) is 2.90. The number of aliphatic hydroxyl groups is 1. The smallest absolute Gasteiger partial charge is 0.261 e. The zero-order valence-electron chi connectivity index (χ0n) is 19.3. The van der Waals surface area contributed by atoms with Crippen LogP contribution < -0.4 is 15.8 Å². The SMILES string of the molecule is CC1C(=O)N(NC(=O)[C@H](C)NC(=O)[C@@H](O)c2cc(F)cc(F)c2)c2ccccc2-c2ccc(F)cc21. The summed E-state index contributed by atoms with van der Waals surface area (Å²) in [5, 5.41) is 13.5. The molecule has 10 heteroatoms. The van der Waals surface area contributed by atoms with E-state index in [1.165, 1.54) is 19.1 Å². The molecule has 0 aliphatic carbocycles. The van der Waals surface area contributed by atoms with Crippen molar-refractivity contribution in [2.24, 2.45) is 0 Å². The van der Waals surface area contributed by atoms with Crippen LogP contribution in [0.4, 0.5) is 18.9 Å². The first-order chi connectivity index (χ1) is 17.1. The number of rotatable bonds is 5. The van der Waals surface area contributed by atoms with Crippen LogP contribution in [0.5, 0.6) is 0 Å². The lowest BCUT2D eigenvalue weighted by atomic mass is 9.92. The first kappa shape index (κ1) is 24.9. The molecule has 1 unspecified atom stereocenters. The predicted octanol–water partition coefficient (Wildman–Crippen LogP) is 3.49. The Bertz CT molecular complexity index is 1340. The predicted molar refractivity (Wildman–Crippen MR) is 125 cm³/mol. The molecule has 0 saturated carbocycles. The summed E-state index contributed by atoms with van der Waals surface area (Å²) >= 11 is 0. The summed E-state index contributed by atoms with van der Waals surface area (Å²) < 4.78 is 40.9. The second-order valence-corrected chi connectivity index (χ2v) is 8.46. The second-order valence-electron chi connectivity index (χ2n) is 8.46. The molecule has 36 heavy (non-hydrogen) atoms. The number of hydrazine groups is 1. The molecule has 0 radical (unpaired) electrons. The number of para-hydroxylation sites is 1. The van der Waals surface area contributed by atoms with Gasteiger partial charge >= 0.3 is 0 Å². The van der Waals surface area contributed by atoms with Gasteiger partial charge in [0, 0.05) is 11.6 Å². The van der Waals surface area contributed by atoms with Crippen LogP contribution >= 0.6 is 0 Å². The van der Waals surface area contributed by atoms with Crippen LogP contribution in [0.15, 0.2) is 60.7 Å². The molecule has 3 N–H and O–H groups in total. The number of hydrogen-bond acceptors (Lipinski definition) is 4. The third-order valence-electron chi connectivity index (χ3n) is 5.93. The lowest BCUT2D eigenvalue weighted by molar-refractivity contribution is -0.134. The fraction of sp³-hybridized carbons (Fsp3) is 0.192. The fourth-order valence-corrected chi connectivity index (χ4v) is 4.04. The van der Waals surface area contributed by atoms with E-state index in [2.05, 4.69) is 10.7 Å². The first-order valence-electron chi connectivity index (χ1n) is 11.0. The summed E-state index contributed by atoms with van der Waals surface area (Å²) in [5.41, 5.74) is 4.18. The van der Waals surface area contributed by atoms with Gasteiger partial charge in [-0.1, -0.05) is 24.3 Å². The molecule has 0 spiro atoms. The first-order valence-corrected chi connectivity index (χ1v) is 11.0. The van der Waals surface area contributed by atoms with E-state index in [1.807, 2.05) is 0 Å². The van der Waals surface area contributed by atoms with Gasteiger partial charge in [0.2, 0.25) is 0 Å². The van der Waals surface area contributed by atoms with Crippen LogP contribution in [-0.4, -0.2) is 28.9 Å². The molecule has 0 bridgehead atoms. The Kier molecular flexibility index (Phi) is 6.80. The van der Waals surface area contributed by atoms with E-state index < -0.39 is 53.2 Å². The number of carbonyl (C=O) groups is 3. The third-order valence-corrected chi connectivity index (χ3v) is 5.93. The fourth-order valence-electron chi connectivity index (χ4n) is 4.04. The number of benzene rings is 3. The topological polar surface area (TPSA) is 98.7 Å². The molecule has 7 nitrogen and oxygen atoms in total. The molecule has 0 saturated heterocycles. The summed E-state index contributed by atoms with van der Waals surface area (Å²) in [6.07, 6.45) is -1.93. The minimum absolute atomic E-state index is 0.326. The molecule has 0 fully saturated rings. The summed E-state index contributed by atoms with van der Waals surface area (Å²) in [7, 11) is 0. The minimum Gasteiger partial charge on any atom is -0.378 e. The van der Waals surface area contributed by atoms with Crippen LogP contribution in [0.2, 0.25) is 0 Å². The van der Waals surface area contributed by atoms with E-state index in [-0.39, 0.29) is 5.56 Å². The standard InChI is InChI=1S/C26H22F3N3O4/c1-13-21-12-16(27)7-8-19(21)20-5-3-4-6-22(20)32(26(13)36)31-24(34)14(2)30-25(35)23(33)15-9-17(28)11-18(29)10-15/h3-14,23,33H,1-2H3,(H,30,35)(H,31,34)/t13?,14-,23-/m0/s1. The maximum absolute atomic E-state index is 14.0. The van der Waals surface area contributed by atoms with Gasteiger partial charge in [0.25, 0.3) is 17.7 Å². The zero-order chi connectivity index (χ0) is 26.1. The number of carbonyl (C=O) groups excluding carboxylic acids is 3. The van der Waals surface area contributed by atoms with E-state index in [0.717, 1.165) is 17.1 Å². The quantitative estimate of drug-likeness (QED) is 0.503. The third kappa shape index (κ3) is 4.80. The van der Waals surface area contributed by atoms with Crippen molar-refractivity contribution in [2.45, 2.75) is 31.9 Å². The molecular weight excluding hydrogens is 475 g/mol. The van der Waals surface area contributed by atoms with Gasteiger partial charge in [-0.05, 0) is 60.9 Å². The van der Waals surface area contributed by atoms with Gasteiger partial charge < -0.3 is 10.4 Å². The van der Waals surface area contributed by atoms with Crippen molar-refractivity contribution < 1.29 is 32.7 Å². The molecule has 4 rings (SSSR count). The van der Waals surface area contributed by atoms with Crippen LogP contribution in [0, 0.1) is 17.5 Å². The molecule has 1 aliphatic rings. The molecule has 0 aromatic heterocycles. The average Bonchev–Trinajstić information content (AvgIpc) is 2.92. The molecule has 3 aromatic rings. The molecule has 3 amide bonds. The normalized spacial score (nSPS) is 16.3. The Labute approximate surface area is 204 Å². The van der Waals surface area contributed by atoms with E-state index in [0.29, 0.717) is 28.4 Å². The molecule has 1 heterocycles. The van der Waals surface area contributed by atoms with E-state index in [9.17, 15) is 32.7 Å². The lowest BCUT2D eigenvalue weighted by Gasteiger charge is -2.27. The molecule has 3 aromatic carbocycles. The number of halogens is 3. The number of amides is 3. The summed E-state index contributed by atoms with van der Waals surface area (Å²) in [4.78, 5) is 38.7. The van der Waals surface area contributed by atoms with Gasteiger partial charge in [-0.15, -0.1) is 0 Å². The number of nitrogens with one attached hydrogen (secondary N) is 2. The van der Waals surface area contributed by atoms with Crippen molar-refractivity contribution in [1.82, 2.24) is 10.7 Å². The van der Waals surface area contributed by atoms with Crippen molar-refractivity contribution >= 4 is 23.4 Å². The maximum atomic E-state index is 14.0. The number of aliphatic hydroxyl groups excluding tert-OH is 1. The van der Waals surface area contributed by atoms with Gasteiger partial charge in [0.15, 0.2) is 6.10 Å². The van der Waals surface area contributed by atoms with Crippen LogP contribution in [0.3, 0.4) is 0 Å². The Morgan fingerprint density at radius 1 is 0.917 bits per heavy atom. The number of hydrogen-bond donors (Lipinski definition) is 3.